The van der Waals surface area contributed by atoms with Crippen molar-refractivity contribution in [2.75, 3.05) is 5.32 Å². The Kier molecular flexibility index (Phi) is 7.42. The number of anilines is 1. The molecule has 0 spiro atoms. The van der Waals surface area contributed by atoms with Crippen molar-refractivity contribution in [2.24, 2.45) is 5.92 Å². The van der Waals surface area contributed by atoms with Crippen LogP contribution < -0.4 is 10.8 Å². The van der Waals surface area contributed by atoms with E-state index in [1.165, 1.54) is 24.5 Å². The van der Waals surface area contributed by atoms with E-state index in [1.54, 1.807) is 61.5 Å². The van der Waals surface area contributed by atoms with Crippen molar-refractivity contribution in [2.45, 2.75) is 20.0 Å². The second-order valence-corrected chi connectivity index (χ2v) is 7.50. The topological polar surface area (TPSA) is 125 Å². The SMILES string of the molecule is CC(=O)c1ccc(NC(=O)O[C@@H](c2ccc(O)c3ccccc23)[C@H](C)/C=C/C(=O)NO)cc1. The summed E-state index contributed by atoms with van der Waals surface area (Å²) in [7, 11) is 0. The van der Waals surface area contributed by atoms with Gasteiger partial charge in [0.05, 0.1) is 0 Å². The Hall–Kier alpha value is -4.17. The number of nitrogens with one attached hydrogen (secondary N) is 2. The van der Waals surface area contributed by atoms with Gasteiger partial charge in [-0.2, -0.15) is 0 Å². The van der Waals surface area contributed by atoms with Crippen molar-refractivity contribution in [1.82, 2.24) is 5.48 Å². The fourth-order valence-electron chi connectivity index (χ4n) is 3.44. The second kappa shape index (κ2) is 10.4. The van der Waals surface area contributed by atoms with Crippen LogP contribution in [-0.2, 0) is 9.53 Å². The number of hydroxylamine groups is 1. The van der Waals surface area contributed by atoms with Crippen LogP contribution in [0.1, 0.15) is 35.9 Å². The molecule has 33 heavy (non-hydrogen) atoms. The molecule has 0 fully saturated rings. The Morgan fingerprint density at radius 3 is 2.27 bits per heavy atom. The van der Waals surface area contributed by atoms with Gasteiger partial charge in [-0.3, -0.25) is 20.1 Å². The molecule has 0 unspecified atom stereocenters. The number of rotatable bonds is 7. The normalized spacial score (nSPS) is 12.8. The van der Waals surface area contributed by atoms with Crippen LogP contribution in [0, 0.1) is 5.92 Å². The Morgan fingerprint density at radius 2 is 1.64 bits per heavy atom. The van der Waals surface area contributed by atoms with Crippen LogP contribution in [0.4, 0.5) is 10.5 Å². The molecule has 0 saturated heterocycles. The van der Waals surface area contributed by atoms with E-state index in [1.807, 2.05) is 0 Å². The summed E-state index contributed by atoms with van der Waals surface area (Å²) in [5.41, 5.74) is 3.11. The van der Waals surface area contributed by atoms with Gasteiger partial charge in [-0.1, -0.05) is 43.3 Å². The molecule has 3 aromatic carbocycles. The molecule has 2 atom stereocenters. The number of hydrogen-bond acceptors (Lipinski definition) is 6. The maximum atomic E-state index is 12.7. The average Bonchev–Trinajstić information content (AvgIpc) is 2.82. The van der Waals surface area contributed by atoms with Crippen LogP contribution in [-0.4, -0.2) is 28.1 Å². The third-order valence-corrected chi connectivity index (χ3v) is 5.15. The smallest absolute Gasteiger partial charge is 0.412 e. The van der Waals surface area contributed by atoms with Gasteiger partial charge in [0.2, 0.25) is 0 Å². The van der Waals surface area contributed by atoms with Crippen molar-refractivity contribution >= 4 is 34.2 Å². The van der Waals surface area contributed by atoms with Crippen LogP contribution in [0.15, 0.2) is 72.8 Å². The molecule has 3 rings (SSSR count). The molecule has 8 nitrogen and oxygen atoms in total. The predicted octanol–water partition coefficient (Wildman–Crippen LogP) is 4.74. The van der Waals surface area contributed by atoms with Gasteiger partial charge in [0.25, 0.3) is 5.91 Å². The van der Waals surface area contributed by atoms with Gasteiger partial charge < -0.3 is 9.84 Å². The largest absolute Gasteiger partial charge is 0.507 e. The number of hydrogen-bond donors (Lipinski definition) is 4. The first-order valence-electron chi connectivity index (χ1n) is 10.2. The van der Waals surface area contributed by atoms with Gasteiger partial charge in [0, 0.05) is 34.2 Å². The number of amides is 2. The third kappa shape index (κ3) is 5.75. The minimum absolute atomic E-state index is 0.0871. The number of aromatic hydroxyl groups is 1. The number of Topliss-reactive ketones (excluding diaryl/α,β-unsaturated/α-hetero) is 1. The zero-order valence-corrected chi connectivity index (χ0v) is 18.1. The molecular formula is C25H24N2O6. The van der Waals surface area contributed by atoms with Crippen LogP contribution >= 0.6 is 0 Å². The van der Waals surface area contributed by atoms with Crippen molar-refractivity contribution in [3.05, 3.63) is 83.9 Å². The molecule has 0 aliphatic carbocycles. The van der Waals surface area contributed by atoms with Gasteiger partial charge in [-0.15, -0.1) is 0 Å². The number of phenols is 1. The van der Waals surface area contributed by atoms with Crippen LogP contribution in [0.3, 0.4) is 0 Å². The van der Waals surface area contributed by atoms with Gasteiger partial charge in [0.15, 0.2) is 5.78 Å². The number of ether oxygens (including phenoxy) is 1. The molecule has 0 aliphatic heterocycles. The summed E-state index contributed by atoms with van der Waals surface area (Å²) in [5.74, 6) is -1.19. The van der Waals surface area contributed by atoms with Crippen LogP contribution in [0.2, 0.25) is 0 Å². The van der Waals surface area contributed by atoms with Crippen molar-refractivity contribution in [3.63, 3.8) is 0 Å². The van der Waals surface area contributed by atoms with Gasteiger partial charge in [-0.05, 0) is 42.6 Å². The number of fused-ring (bicyclic) bond motifs is 1. The number of benzene rings is 3. The summed E-state index contributed by atoms with van der Waals surface area (Å²) in [5, 5.41) is 22.9. The first kappa shape index (κ1) is 23.5. The molecule has 0 aromatic heterocycles. The van der Waals surface area contributed by atoms with E-state index in [4.69, 9.17) is 9.94 Å². The Labute approximate surface area is 190 Å². The number of phenolic OH excluding ortho intramolecular Hbond substituents is 1. The molecule has 4 N–H and O–H groups in total. The maximum Gasteiger partial charge on any atom is 0.412 e. The van der Waals surface area contributed by atoms with E-state index in [9.17, 15) is 19.5 Å². The van der Waals surface area contributed by atoms with E-state index in [2.05, 4.69) is 5.32 Å². The van der Waals surface area contributed by atoms with Crippen molar-refractivity contribution in [3.8, 4) is 5.75 Å². The fourth-order valence-corrected chi connectivity index (χ4v) is 3.44. The molecule has 8 heteroatoms. The first-order chi connectivity index (χ1) is 15.8. The highest BCUT2D eigenvalue weighted by Crippen LogP contribution is 2.36. The highest BCUT2D eigenvalue weighted by Gasteiger charge is 2.25. The maximum absolute atomic E-state index is 12.7. The lowest BCUT2D eigenvalue weighted by molar-refractivity contribution is -0.124. The first-order valence-corrected chi connectivity index (χ1v) is 10.2. The highest BCUT2D eigenvalue weighted by molar-refractivity contribution is 5.95. The molecular weight excluding hydrogens is 424 g/mol. The quantitative estimate of drug-likeness (QED) is 0.179. The van der Waals surface area contributed by atoms with E-state index in [0.29, 0.717) is 27.6 Å². The highest BCUT2D eigenvalue weighted by atomic mass is 16.6. The Balaban J connectivity index is 1.91. The van der Waals surface area contributed by atoms with Gasteiger partial charge in [0.1, 0.15) is 11.9 Å². The van der Waals surface area contributed by atoms with E-state index in [0.717, 1.165) is 6.08 Å². The summed E-state index contributed by atoms with van der Waals surface area (Å²) in [4.78, 5) is 35.6. The summed E-state index contributed by atoms with van der Waals surface area (Å²) < 4.78 is 5.75. The summed E-state index contributed by atoms with van der Waals surface area (Å²) in [6.45, 7) is 3.21. The van der Waals surface area contributed by atoms with Gasteiger partial charge >= 0.3 is 6.09 Å². The lowest BCUT2D eigenvalue weighted by atomic mass is 9.92. The summed E-state index contributed by atoms with van der Waals surface area (Å²) in [6, 6.07) is 16.7. The monoisotopic (exact) mass is 448 g/mol. The standard InChI is InChI=1S/C25H24N2O6/c1-15(7-14-23(30)27-32)24(21-12-13-22(29)20-6-4-3-5-19(20)21)33-25(31)26-18-10-8-17(9-11-18)16(2)28/h3-15,24,29,32H,1-2H3,(H,26,31)(H,27,30)/b14-7+/t15-,24-/m1/s1. The van der Waals surface area contributed by atoms with Crippen LogP contribution in [0.5, 0.6) is 5.75 Å². The zero-order valence-electron chi connectivity index (χ0n) is 18.1. The summed E-state index contributed by atoms with van der Waals surface area (Å²) in [6.07, 6.45) is 1.09. The Morgan fingerprint density at radius 1 is 0.970 bits per heavy atom. The average molecular weight is 448 g/mol. The zero-order chi connectivity index (χ0) is 24.0. The molecule has 0 saturated carbocycles. The molecule has 2 amide bonds. The number of carbonyl (C=O) groups is 3. The minimum atomic E-state index is -0.824. The fraction of sp³-hybridized carbons (Fsp3) is 0.160. The third-order valence-electron chi connectivity index (χ3n) is 5.15. The molecule has 0 bridgehead atoms. The molecule has 3 aromatic rings. The number of carbonyl (C=O) groups excluding carboxylic acids is 3. The predicted molar refractivity (Wildman–Crippen MR) is 123 cm³/mol. The molecule has 0 heterocycles. The lowest BCUT2D eigenvalue weighted by Crippen LogP contribution is -2.22. The minimum Gasteiger partial charge on any atom is -0.507 e. The molecule has 170 valence electrons. The molecule has 0 aliphatic rings. The second-order valence-electron chi connectivity index (χ2n) is 7.50. The Bertz CT molecular complexity index is 1200. The van der Waals surface area contributed by atoms with E-state index in [-0.39, 0.29) is 11.5 Å². The van der Waals surface area contributed by atoms with Gasteiger partial charge in [-0.25, -0.2) is 10.3 Å². The van der Waals surface area contributed by atoms with E-state index < -0.39 is 24.0 Å². The molecule has 0 radical (unpaired) electrons. The van der Waals surface area contributed by atoms with Crippen molar-refractivity contribution in [1.29, 1.82) is 0 Å². The van der Waals surface area contributed by atoms with E-state index >= 15 is 0 Å². The number of ketones is 1. The lowest BCUT2D eigenvalue weighted by Gasteiger charge is -2.24. The van der Waals surface area contributed by atoms with Crippen LogP contribution in [0.25, 0.3) is 10.8 Å². The summed E-state index contributed by atoms with van der Waals surface area (Å²) >= 11 is 0. The van der Waals surface area contributed by atoms with Crippen molar-refractivity contribution < 1.29 is 29.4 Å².